The van der Waals surface area contributed by atoms with Crippen molar-refractivity contribution in [2.45, 2.75) is 112 Å². The molecule has 0 aromatic rings. The summed E-state index contributed by atoms with van der Waals surface area (Å²) in [6, 6.07) is 0. The Kier molecular flexibility index (Phi) is 20.6. The summed E-state index contributed by atoms with van der Waals surface area (Å²) < 4.78 is 50.1. The van der Waals surface area contributed by atoms with Crippen LogP contribution in [0.3, 0.4) is 0 Å². The summed E-state index contributed by atoms with van der Waals surface area (Å²) in [5.41, 5.74) is 2.57. The number of rotatable bonds is 25. The van der Waals surface area contributed by atoms with Gasteiger partial charge in [0.1, 0.15) is 19.0 Å². The van der Waals surface area contributed by atoms with E-state index in [2.05, 4.69) is 33.8 Å². The van der Waals surface area contributed by atoms with Crippen LogP contribution in [0.4, 0.5) is 0 Å². The van der Waals surface area contributed by atoms with Gasteiger partial charge in [-0.3, -0.25) is 0 Å². The van der Waals surface area contributed by atoms with E-state index < -0.39 is 5.60 Å². The molecule has 49 heavy (non-hydrogen) atoms. The van der Waals surface area contributed by atoms with Crippen LogP contribution >= 0.6 is 0 Å². The third-order valence-electron chi connectivity index (χ3n) is 10.3. The number of ether oxygens (including phenoxy) is 9. The first-order valence-electron chi connectivity index (χ1n) is 18.5. The molecule has 10 nitrogen and oxygen atoms in total. The molecule has 2 aliphatic rings. The van der Waals surface area contributed by atoms with Crippen molar-refractivity contribution in [1.29, 1.82) is 0 Å². The topological polar surface area (TPSA) is 100 Å². The molecule has 5 unspecified atom stereocenters. The predicted octanol–water partition coefficient (Wildman–Crippen LogP) is 7.49. The first-order valence-corrected chi connectivity index (χ1v) is 18.5. The van der Waals surface area contributed by atoms with E-state index in [1.165, 1.54) is 24.0 Å². The average Bonchev–Trinajstić information content (AvgIpc) is 3.04. The number of methoxy groups -OCH3 is 2. The number of hydrogen-bond donors (Lipinski definition) is 0. The van der Waals surface area contributed by atoms with Crippen molar-refractivity contribution >= 4 is 5.97 Å². The molecular weight excluding hydrogens is 628 g/mol. The fraction of sp³-hybridized carbons (Fsp3) is 0.872. The minimum Gasteiger partial charge on any atom is -0.472 e. The molecule has 1 fully saturated rings. The van der Waals surface area contributed by atoms with Crippen molar-refractivity contribution in [3.63, 3.8) is 0 Å². The Morgan fingerprint density at radius 3 is 2.14 bits per heavy atom. The predicted molar refractivity (Wildman–Crippen MR) is 191 cm³/mol. The lowest BCUT2D eigenvalue weighted by atomic mass is 9.50. The molecule has 0 aromatic carbocycles. The monoisotopic (exact) mass is 698 g/mol. The molecule has 10 heteroatoms. The molecule has 0 heterocycles. The number of esters is 1. The standard InChI is InChI=1S/C39H70O10/c1-11-35(48-28-42-10)39(8)16-15-34-30(3)33(24-29(2)47-27-41-9)25-32(37(34)31(39)4)14-12-13-17-43-18-19-44-20-21-45-22-23-46-26-36(40)49-38(5,6)7/h24,31-32,34-35,37H,11-23,25-28H2,1-10H3/b29-24+/t31?,32-,34?,35?,37?,39?/m1/s1. The summed E-state index contributed by atoms with van der Waals surface area (Å²) in [6.07, 6.45) is 10.2. The molecule has 0 saturated heterocycles. The molecule has 0 spiro atoms. The average molecular weight is 699 g/mol. The van der Waals surface area contributed by atoms with Gasteiger partial charge in [-0.1, -0.05) is 32.8 Å². The second-order valence-corrected chi connectivity index (χ2v) is 14.9. The van der Waals surface area contributed by atoms with Crippen molar-refractivity contribution in [2.24, 2.45) is 29.1 Å². The van der Waals surface area contributed by atoms with Crippen molar-refractivity contribution in [3.05, 3.63) is 23.0 Å². The maximum Gasteiger partial charge on any atom is 0.332 e. The SMILES string of the molecule is CCC(OCOC)C1(C)CCC2C(C)=C(/C=C(\C)OCOC)C[C@@H](CCCCOCCOCCOCCOCC(=O)OC(C)(C)C)C2C1C. The van der Waals surface area contributed by atoms with Gasteiger partial charge in [-0.25, -0.2) is 4.79 Å². The van der Waals surface area contributed by atoms with Gasteiger partial charge in [-0.15, -0.1) is 0 Å². The smallest absolute Gasteiger partial charge is 0.332 e. The van der Waals surface area contributed by atoms with E-state index in [0.29, 0.717) is 70.1 Å². The highest BCUT2D eigenvalue weighted by Crippen LogP contribution is 2.58. The second kappa shape index (κ2) is 23.1. The van der Waals surface area contributed by atoms with E-state index in [0.717, 1.165) is 44.5 Å². The molecule has 1 saturated carbocycles. The van der Waals surface area contributed by atoms with E-state index in [1.54, 1.807) is 14.2 Å². The minimum atomic E-state index is -0.507. The Hall–Kier alpha value is -1.53. The maximum atomic E-state index is 11.6. The van der Waals surface area contributed by atoms with Crippen LogP contribution in [0.25, 0.3) is 0 Å². The normalized spacial score (nSPS) is 25.3. The number of carbonyl (C=O) groups is 1. The van der Waals surface area contributed by atoms with Crippen molar-refractivity contribution in [2.75, 3.05) is 80.7 Å². The number of hydrogen-bond acceptors (Lipinski definition) is 10. The van der Waals surface area contributed by atoms with Crippen molar-refractivity contribution < 1.29 is 47.4 Å². The summed E-state index contributed by atoms with van der Waals surface area (Å²) >= 11 is 0. The summed E-state index contributed by atoms with van der Waals surface area (Å²) in [6.45, 7) is 21.1. The Labute approximate surface area is 297 Å². The van der Waals surface area contributed by atoms with Crippen LogP contribution in [0.5, 0.6) is 0 Å². The molecule has 2 rings (SSSR count). The van der Waals surface area contributed by atoms with Gasteiger partial charge < -0.3 is 42.6 Å². The second-order valence-electron chi connectivity index (χ2n) is 14.9. The molecule has 0 aliphatic heterocycles. The molecule has 6 atom stereocenters. The summed E-state index contributed by atoms with van der Waals surface area (Å²) in [5.74, 6) is 2.85. The third-order valence-corrected chi connectivity index (χ3v) is 10.3. The number of fused-ring (bicyclic) bond motifs is 1. The van der Waals surface area contributed by atoms with E-state index in [4.69, 9.17) is 42.6 Å². The number of allylic oxidation sites excluding steroid dienone is 4. The summed E-state index contributed by atoms with van der Waals surface area (Å²) in [4.78, 5) is 11.6. The van der Waals surface area contributed by atoms with Crippen LogP contribution in [-0.2, 0) is 47.4 Å². The zero-order chi connectivity index (χ0) is 36.3. The van der Waals surface area contributed by atoms with E-state index in [-0.39, 0.29) is 30.9 Å². The van der Waals surface area contributed by atoms with Crippen LogP contribution in [0.1, 0.15) is 100 Å². The Bertz CT molecular complexity index is 989. The van der Waals surface area contributed by atoms with Gasteiger partial charge in [0.05, 0.1) is 51.5 Å². The van der Waals surface area contributed by atoms with Gasteiger partial charge in [-0.05, 0) is 114 Å². The highest BCUT2D eigenvalue weighted by atomic mass is 16.7. The zero-order valence-corrected chi connectivity index (χ0v) is 32.6. The van der Waals surface area contributed by atoms with Gasteiger partial charge >= 0.3 is 5.97 Å². The van der Waals surface area contributed by atoms with E-state index >= 15 is 0 Å². The molecule has 286 valence electrons. The van der Waals surface area contributed by atoms with Crippen LogP contribution in [0.15, 0.2) is 23.0 Å². The quantitative estimate of drug-likeness (QED) is 0.0413. The van der Waals surface area contributed by atoms with Crippen molar-refractivity contribution in [3.8, 4) is 0 Å². The van der Waals surface area contributed by atoms with Crippen LogP contribution in [-0.4, -0.2) is 98.3 Å². The highest BCUT2D eigenvalue weighted by molar-refractivity contribution is 5.71. The third kappa shape index (κ3) is 15.3. The summed E-state index contributed by atoms with van der Waals surface area (Å²) in [5, 5.41) is 0. The fourth-order valence-corrected chi connectivity index (χ4v) is 7.82. The number of carbonyl (C=O) groups excluding carboxylic acids is 1. The highest BCUT2D eigenvalue weighted by Gasteiger charge is 2.52. The molecule has 0 radical (unpaired) electrons. The first kappa shape index (κ1) is 43.6. The minimum absolute atomic E-state index is 0.0710. The van der Waals surface area contributed by atoms with Gasteiger partial charge in [0.15, 0.2) is 6.79 Å². The first-order chi connectivity index (χ1) is 23.4. The van der Waals surface area contributed by atoms with Crippen molar-refractivity contribution in [1.82, 2.24) is 0 Å². The lowest BCUT2D eigenvalue weighted by molar-refractivity contribution is -0.160. The van der Waals surface area contributed by atoms with Crippen LogP contribution < -0.4 is 0 Å². The Balaban J connectivity index is 1.79. The van der Waals surface area contributed by atoms with E-state index in [9.17, 15) is 4.79 Å². The maximum absolute atomic E-state index is 11.6. The Morgan fingerprint density at radius 2 is 1.55 bits per heavy atom. The van der Waals surface area contributed by atoms with Gasteiger partial charge in [0, 0.05) is 20.8 Å². The molecular formula is C39H70O10. The molecule has 0 N–H and O–H groups in total. The van der Waals surface area contributed by atoms with Crippen LogP contribution in [0.2, 0.25) is 0 Å². The van der Waals surface area contributed by atoms with Gasteiger partial charge in [0.25, 0.3) is 0 Å². The Morgan fingerprint density at radius 1 is 0.939 bits per heavy atom. The van der Waals surface area contributed by atoms with Gasteiger partial charge in [0.2, 0.25) is 0 Å². The van der Waals surface area contributed by atoms with E-state index in [1.807, 2.05) is 27.7 Å². The van der Waals surface area contributed by atoms with Crippen LogP contribution in [0, 0.1) is 29.1 Å². The lowest BCUT2D eigenvalue weighted by Crippen LogP contribution is -2.51. The number of unbranched alkanes of at least 4 members (excludes halogenated alkanes) is 1. The zero-order valence-electron chi connectivity index (χ0n) is 32.6. The fourth-order valence-electron chi connectivity index (χ4n) is 7.82. The van der Waals surface area contributed by atoms with Gasteiger partial charge in [-0.2, -0.15) is 0 Å². The molecule has 0 amide bonds. The molecule has 2 aliphatic carbocycles. The largest absolute Gasteiger partial charge is 0.472 e. The molecule has 0 bridgehead atoms. The molecule has 0 aromatic heterocycles. The lowest BCUT2D eigenvalue weighted by Gasteiger charge is -2.56. The summed E-state index contributed by atoms with van der Waals surface area (Å²) in [7, 11) is 3.36.